The molecule has 5 heterocycles. The van der Waals surface area contributed by atoms with Crippen molar-refractivity contribution in [2.45, 2.75) is 70.8 Å². The van der Waals surface area contributed by atoms with Gasteiger partial charge in [0.25, 0.3) is 0 Å². The molecule has 0 spiro atoms. The standard InChI is InChI=1S/C27H30F2N8.C2H6/c1-15-12-30-9-8-20(15)33-27-24-18(16-5-6-16)13-31-14-21(24)34-25(37-27)17-7-10-32-23(11-17)36-26-19(28)3-2-4-22(29)35-26;1-2/h2-3,10-11,13-17,20,30,36H,4-9,12H2,1H3,(H,33,34,37);1-2H3. The van der Waals surface area contributed by atoms with Crippen LogP contribution in [0.15, 0.2) is 58.1 Å². The number of rotatable bonds is 6. The lowest BCUT2D eigenvalue weighted by molar-refractivity contribution is 0.368. The number of piperidine rings is 1. The van der Waals surface area contributed by atoms with E-state index in [9.17, 15) is 8.78 Å². The highest BCUT2D eigenvalue weighted by Gasteiger charge is 2.30. The summed E-state index contributed by atoms with van der Waals surface area (Å²) in [6, 6.07) is 0.305. The molecule has 3 N–H and O–H groups in total. The topological polar surface area (TPSA) is 99.5 Å². The van der Waals surface area contributed by atoms with Crippen LogP contribution in [-0.2, 0) is 0 Å². The van der Waals surface area contributed by atoms with Crippen LogP contribution in [0.2, 0.25) is 0 Å². The monoisotopic (exact) mass is 534 g/mol. The Hall–Kier alpha value is -3.53. The Labute approximate surface area is 227 Å². The number of nitrogens with zero attached hydrogens (tertiary/aromatic N) is 5. The Morgan fingerprint density at radius 2 is 1.92 bits per heavy atom. The first-order chi connectivity index (χ1) is 19.0. The Morgan fingerprint density at radius 1 is 1.08 bits per heavy atom. The molecule has 3 aliphatic heterocycles. The number of anilines is 1. The van der Waals surface area contributed by atoms with Crippen molar-refractivity contribution in [1.29, 1.82) is 0 Å². The number of fused-ring (bicyclic) bond motifs is 1. The van der Waals surface area contributed by atoms with Gasteiger partial charge in [-0.25, -0.2) is 24.3 Å². The normalized spacial score (nSPS) is 24.9. The molecule has 2 aromatic heterocycles. The number of pyridine rings is 1. The highest BCUT2D eigenvalue weighted by atomic mass is 19.1. The van der Waals surface area contributed by atoms with Gasteiger partial charge in [-0.1, -0.05) is 26.8 Å². The molecule has 3 unspecified atom stereocenters. The third kappa shape index (κ3) is 6.21. The molecule has 3 atom stereocenters. The van der Waals surface area contributed by atoms with Gasteiger partial charge in [-0.2, -0.15) is 4.39 Å². The van der Waals surface area contributed by atoms with Gasteiger partial charge in [-0.15, -0.1) is 0 Å². The molecule has 206 valence electrons. The number of allylic oxidation sites excluding steroid dienone is 4. The maximum atomic E-state index is 14.4. The number of aromatic nitrogens is 3. The van der Waals surface area contributed by atoms with Crippen molar-refractivity contribution < 1.29 is 8.78 Å². The predicted molar refractivity (Wildman–Crippen MR) is 152 cm³/mol. The Bertz CT molecular complexity index is 1360. The van der Waals surface area contributed by atoms with Crippen molar-refractivity contribution >= 4 is 28.9 Å². The Morgan fingerprint density at radius 3 is 2.72 bits per heavy atom. The van der Waals surface area contributed by atoms with Crippen LogP contribution in [0.25, 0.3) is 10.9 Å². The van der Waals surface area contributed by atoms with E-state index in [1.165, 1.54) is 17.7 Å². The summed E-state index contributed by atoms with van der Waals surface area (Å²) >= 11 is 0. The van der Waals surface area contributed by atoms with Crippen LogP contribution in [0.3, 0.4) is 0 Å². The van der Waals surface area contributed by atoms with Gasteiger partial charge in [0.15, 0.2) is 17.6 Å². The second kappa shape index (κ2) is 12.1. The summed E-state index contributed by atoms with van der Waals surface area (Å²) in [7, 11) is 0. The van der Waals surface area contributed by atoms with Gasteiger partial charge >= 0.3 is 0 Å². The van der Waals surface area contributed by atoms with Gasteiger partial charge in [0.05, 0.1) is 11.7 Å². The average molecular weight is 535 g/mol. The lowest BCUT2D eigenvalue weighted by Crippen LogP contribution is -2.42. The summed E-state index contributed by atoms with van der Waals surface area (Å²) in [5.41, 5.74) is 2.03. The number of aliphatic imine (C=N–C) groups is 2. The molecule has 8 nitrogen and oxygen atoms in total. The van der Waals surface area contributed by atoms with Gasteiger partial charge < -0.3 is 16.0 Å². The van der Waals surface area contributed by atoms with E-state index >= 15 is 0 Å². The van der Waals surface area contributed by atoms with E-state index in [0.717, 1.165) is 49.1 Å². The molecule has 6 rings (SSSR count). The molecular formula is C29H36F2N8. The summed E-state index contributed by atoms with van der Waals surface area (Å²) in [6.07, 6.45) is 13.8. The highest BCUT2D eigenvalue weighted by molar-refractivity contribution is 5.92. The zero-order valence-corrected chi connectivity index (χ0v) is 22.7. The molecular weight excluding hydrogens is 498 g/mol. The Balaban J connectivity index is 0.00000151. The average Bonchev–Trinajstić information content (AvgIpc) is 3.81. The fourth-order valence-electron chi connectivity index (χ4n) is 5.09. The van der Waals surface area contributed by atoms with Crippen molar-refractivity contribution in [2.75, 3.05) is 18.4 Å². The van der Waals surface area contributed by atoms with Gasteiger partial charge in [-0.05, 0) is 68.3 Å². The number of halogens is 2. The second-order valence-electron chi connectivity index (χ2n) is 10.2. The molecule has 4 aliphatic rings. The molecule has 0 amide bonds. The summed E-state index contributed by atoms with van der Waals surface area (Å²) in [5, 5.41) is 11.1. The summed E-state index contributed by atoms with van der Waals surface area (Å²) < 4.78 is 28.2. The number of hydrogen-bond acceptors (Lipinski definition) is 8. The van der Waals surface area contributed by atoms with Gasteiger partial charge in [0, 0.05) is 36.2 Å². The van der Waals surface area contributed by atoms with Crippen LogP contribution in [0.5, 0.6) is 0 Å². The molecule has 1 saturated carbocycles. The number of hydrogen-bond donors (Lipinski definition) is 3. The van der Waals surface area contributed by atoms with Crippen LogP contribution in [-0.4, -0.2) is 46.3 Å². The molecule has 1 saturated heterocycles. The zero-order valence-electron chi connectivity index (χ0n) is 22.7. The lowest BCUT2D eigenvalue weighted by Gasteiger charge is -2.31. The third-order valence-corrected chi connectivity index (χ3v) is 7.31. The molecule has 1 aliphatic carbocycles. The first kappa shape index (κ1) is 27.1. The molecule has 0 bridgehead atoms. The van der Waals surface area contributed by atoms with Crippen LogP contribution < -0.4 is 16.0 Å². The van der Waals surface area contributed by atoms with E-state index in [0.29, 0.717) is 35.9 Å². The molecule has 10 heteroatoms. The minimum Gasteiger partial charge on any atom is -0.366 e. The predicted octanol–water partition coefficient (Wildman–Crippen LogP) is 5.79. The third-order valence-electron chi connectivity index (χ3n) is 7.31. The summed E-state index contributed by atoms with van der Waals surface area (Å²) in [5.74, 6) is 1.13. The highest BCUT2D eigenvalue weighted by Crippen LogP contribution is 2.44. The largest absolute Gasteiger partial charge is 0.366 e. The second-order valence-corrected chi connectivity index (χ2v) is 10.2. The SMILES string of the molecule is CC.CC1CNCCC1Nc1nc(C2C=C(NC3=C(F)C=CCC(F)=N3)N=CC2)nc2cncc(C3CC3)c12. The van der Waals surface area contributed by atoms with E-state index in [1.54, 1.807) is 12.4 Å². The quantitative estimate of drug-likeness (QED) is 0.434. The van der Waals surface area contributed by atoms with Crippen molar-refractivity contribution in [3.8, 4) is 0 Å². The maximum Gasteiger partial charge on any atom is 0.194 e. The van der Waals surface area contributed by atoms with Crippen LogP contribution >= 0.6 is 0 Å². The minimum absolute atomic E-state index is 0.0448. The van der Waals surface area contributed by atoms with Crippen LogP contribution in [0.4, 0.5) is 14.6 Å². The smallest absolute Gasteiger partial charge is 0.194 e. The summed E-state index contributed by atoms with van der Waals surface area (Å²) in [6.45, 7) is 8.18. The van der Waals surface area contributed by atoms with Crippen molar-refractivity contribution in [1.82, 2.24) is 25.6 Å². The van der Waals surface area contributed by atoms with Gasteiger partial charge in [0.2, 0.25) is 0 Å². The zero-order chi connectivity index (χ0) is 27.4. The molecule has 2 fully saturated rings. The minimum atomic E-state index is -0.664. The fraction of sp³-hybridized carbons (Fsp3) is 0.483. The molecule has 2 aromatic rings. The van der Waals surface area contributed by atoms with Crippen molar-refractivity contribution in [2.24, 2.45) is 15.9 Å². The van der Waals surface area contributed by atoms with Gasteiger partial charge in [-0.3, -0.25) is 4.98 Å². The van der Waals surface area contributed by atoms with E-state index < -0.39 is 11.8 Å². The molecule has 0 aromatic carbocycles. The summed E-state index contributed by atoms with van der Waals surface area (Å²) in [4.78, 5) is 22.5. The number of nitrogens with one attached hydrogen (secondary N) is 3. The van der Waals surface area contributed by atoms with Gasteiger partial charge in [0.1, 0.15) is 17.5 Å². The van der Waals surface area contributed by atoms with Crippen LogP contribution in [0.1, 0.15) is 76.1 Å². The van der Waals surface area contributed by atoms with Crippen LogP contribution in [0, 0.1) is 5.92 Å². The molecule has 0 radical (unpaired) electrons. The van der Waals surface area contributed by atoms with E-state index in [1.807, 2.05) is 26.1 Å². The van der Waals surface area contributed by atoms with Crippen molar-refractivity contribution in [3.63, 3.8) is 0 Å². The van der Waals surface area contributed by atoms with E-state index in [2.05, 4.69) is 37.8 Å². The first-order valence-electron chi connectivity index (χ1n) is 14.0. The fourth-order valence-corrected chi connectivity index (χ4v) is 5.09. The Kier molecular flexibility index (Phi) is 8.40. The van der Waals surface area contributed by atoms with Crippen molar-refractivity contribution in [3.05, 3.63) is 59.5 Å². The van der Waals surface area contributed by atoms with E-state index in [-0.39, 0.29) is 18.2 Å². The first-order valence-corrected chi connectivity index (χ1v) is 14.0. The lowest BCUT2D eigenvalue weighted by atomic mass is 9.95. The maximum absolute atomic E-state index is 14.4. The van der Waals surface area contributed by atoms with E-state index in [4.69, 9.17) is 9.97 Å². The molecule has 39 heavy (non-hydrogen) atoms.